The van der Waals surface area contributed by atoms with Crippen molar-refractivity contribution in [3.05, 3.63) is 0 Å². The van der Waals surface area contributed by atoms with Crippen LogP contribution in [0.1, 0.15) is 51.9 Å². The Balaban J connectivity index is 2.25. The zero-order chi connectivity index (χ0) is 26.7. The van der Waals surface area contributed by atoms with Crippen LogP contribution in [-0.2, 0) is 24.0 Å². The van der Waals surface area contributed by atoms with Crippen molar-refractivity contribution < 1.29 is 24.0 Å². The molecule has 0 aromatic heterocycles. The van der Waals surface area contributed by atoms with Crippen LogP contribution in [-0.4, -0.2) is 90.7 Å². The molecule has 14 heteroatoms. The monoisotopic (exact) mass is 509 g/mol. The van der Waals surface area contributed by atoms with E-state index < -0.39 is 53.7 Å². The number of rotatable bonds is 8. The van der Waals surface area contributed by atoms with E-state index in [4.69, 9.17) is 17.2 Å². The van der Waals surface area contributed by atoms with E-state index in [2.05, 4.69) is 26.3 Å². The van der Waals surface area contributed by atoms with Crippen LogP contribution in [0.5, 0.6) is 0 Å². The van der Waals surface area contributed by atoms with E-state index in [0.717, 1.165) is 0 Å². The van der Waals surface area contributed by atoms with Gasteiger partial charge in [-0.3, -0.25) is 29.0 Å². The van der Waals surface area contributed by atoms with Crippen molar-refractivity contribution in [2.45, 2.75) is 76.0 Å². The number of nitrogens with zero attached hydrogens (tertiary/aromatic N) is 2. The molecule has 0 aromatic carbocycles. The number of carbonyl (C=O) groups is 5. The van der Waals surface area contributed by atoms with E-state index in [1.54, 1.807) is 0 Å². The highest BCUT2D eigenvalue weighted by Gasteiger charge is 2.38. The smallest absolute Gasteiger partial charge is 0.245 e. The molecule has 0 bridgehead atoms. The molecule has 2 aliphatic rings. The molecule has 2 heterocycles. The number of nitrogens with one attached hydrogen (secondary N) is 4. The number of nitrogens with two attached hydrogens (primary N) is 3. The third-order valence-corrected chi connectivity index (χ3v) is 6.17. The molecule has 2 fully saturated rings. The molecule has 36 heavy (non-hydrogen) atoms. The Morgan fingerprint density at radius 2 is 1.67 bits per heavy atom. The summed E-state index contributed by atoms with van der Waals surface area (Å²) in [5, 5.41) is 10.5. The first-order valence-electron chi connectivity index (χ1n) is 12.4. The van der Waals surface area contributed by atoms with E-state index in [1.807, 2.05) is 0 Å². The largest absolute Gasteiger partial charge is 0.370 e. The Hall–Kier alpha value is -3.42. The van der Waals surface area contributed by atoms with Crippen LogP contribution in [0, 0.1) is 0 Å². The van der Waals surface area contributed by atoms with Crippen LogP contribution < -0.4 is 38.5 Å². The second-order valence-corrected chi connectivity index (χ2v) is 9.05. The van der Waals surface area contributed by atoms with Crippen molar-refractivity contribution in [3.8, 4) is 0 Å². The van der Waals surface area contributed by atoms with Gasteiger partial charge in [-0.2, -0.15) is 0 Å². The highest BCUT2D eigenvalue weighted by Crippen LogP contribution is 2.20. The van der Waals surface area contributed by atoms with Gasteiger partial charge in [-0.05, 0) is 58.4 Å². The second-order valence-electron chi connectivity index (χ2n) is 9.05. The van der Waals surface area contributed by atoms with Crippen molar-refractivity contribution >= 4 is 35.5 Å². The van der Waals surface area contributed by atoms with Gasteiger partial charge in [-0.25, -0.2) is 0 Å². The first kappa shape index (κ1) is 28.8. The van der Waals surface area contributed by atoms with Gasteiger partial charge >= 0.3 is 0 Å². The maximum absolute atomic E-state index is 13.4. The van der Waals surface area contributed by atoms with Gasteiger partial charge in [0, 0.05) is 13.1 Å². The first-order valence-corrected chi connectivity index (χ1v) is 12.4. The van der Waals surface area contributed by atoms with E-state index in [9.17, 15) is 24.0 Å². The van der Waals surface area contributed by atoms with Crippen molar-refractivity contribution in [2.75, 3.05) is 26.2 Å². The fourth-order valence-corrected chi connectivity index (χ4v) is 4.23. The molecule has 0 aromatic rings. The fourth-order valence-electron chi connectivity index (χ4n) is 4.23. The maximum Gasteiger partial charge on any atom is 0.245 e. The van der Waals surface area contributed by atoms with Crippen LogP contribution >= 0.6 is 0 Å². The second kappa shape index (κ2) is 14.2. The predicted molar refractivity (Wildman–Crippen MR) is 132 cm³/mol. The van der Waals surface area contributed by atoms with Crippen molar-refractivity contribution in [2.24, 2.45) is 22.2 Å². The van der Waals surface area contributed by atoms with Crippen molar-refractivity contribution in [3.63, 3.8) is 0 Å². The molecule has 0 aliphatic carbocycles. The van der Waals surface area contributed by atoms with Gasteiger partial charge in [0.05, 0.1) is 6.54 Å². The lowest BCUT2D eigenvalue weighted by Gasteiger charge is -2.29. The molecule has 14 nitrogen and oxygen atoms in total. The summed E-state index contributed by atoms with van der Waals surface area (Å²) < 4.78 is 0. The molecule has 2 rings (SSSR count). The lowest BCUT2D eigenvalue weighted by molar-refractivity contribution is -0.142. The summed E-state index contributed by atoms with van der Waals surface area (Å²) in [6, 6.07) is -3.53. The zero-order valence-electron chi connectivity index (χ0n) is 20.8. The molecule has 4 atom stereocenters. The quantitative estimate of drug-likeness (QED) is 0.0996. The Bertz CT molecular complexity index is 846. The molecule has 2 aliphatic heterocycles. The molecule has 5 amide bonds. The van der Waals surface area contributed by atoms with Gasteiger partial charge in [0.25, 0.3) is 0 Å². The standard InChI is InChI=1S/C22H39N9O5/c1-13-18(33)30-14(6-2-3-9-23)19(34)27-12-17(32)29-15(7-4-10-26-22(24)25)21(36)31-11-5-8-16(31)20(35)28-13/h13-16H,2-12,23H2,1H3,(H,27,34)(H,28,35)(H,29,32)(H,30,33)(H4,24,25,26). The molecule has 0 spiro atoms. The molecule has 10 N–H and O–H groups in total. The number of hydrogen-bond donors (Lipinski definition) is 7. The van der Waals surface area contributed by atoms with E-state index in [-0.39, 0.29) is 25.5 Å². The minimum absolute atomic E-state index is 0.0790. The molecular weight excluding hydrogens is 470 g/mol. The highest BCUT2D eigenvalue weighted by molar-refractivity contribution is 5.97. The number of unbranched alkanes of at least 4 members (excludes halogenated alkanes) is 1. The minimum Gasteiger partial charge on any atom is -0.370 e. The maximum atomic E-state index is 13.4. The van der Waals surface area contributed by atoms with E-state index in [1.165, 1.54) is 11.8 Å². The third-order valence-electron chi connectivity index (χ3n) is 6.17. The van der Waals surface area contributed by atoms with Crippen LogP contribution in [0.4, 0.5) is 0 Å². The van der Waals surface area contributed by atoms with E-state index in [0.29, 0.717) is 51.6 Å². The van der Waals surface area contributed by atoms with Gasteiger partial charge in [0.1, 0.15) is 24.2 Å². The topological polar surface area (TPSA) is 227 Å². The summed E-state index contributed by atoms with van der Waals surface area (Å²) in [6.07, 6.45) is 3.25. The van der Waals surface area contributed by atoms with Crippen LogP contribution in [0.2, 0.25) is 0 Å². The predicted octanol–water partition coefficient (Wildman–Crippen LogP) is -3.24. The lowest BCUT2D eigenvalue weighted by Crippen LogP contribution is -2.56. The number of hydrogen-bond acceptors (Lipinski definition) is 7. The van der Waals surface area contributed by atoms with Crippen molar-refractivity contribution in [1.82, 2.24) is 26.2 Å². The summed E-state index contributed by atoms with van der Waals surface area (Å²) in [5.74, 6) is -2.61. The third kappa shape index (κ3) is 8.66. The average Bonchev–Trinajstić information content (AvgIpc) is 3.32. The minimum atomic E-state index is -0.931. The summed E-state index contributed by atoms with van der Waals surface area (Å²) in [4.78, 5) is 69.8. The van der Waals surface area contributed by atoms with Crippen LogP contribution in [0.25, 0.3) is 0 Å². The Morgan fingerprint density at radius 1 is 0.944 bits per heavy atom. The summed E-state index contributed by atoms with van der Waals surface area (Å²) in [7, 11) is 0. The molecule has 2 saturated heterocycles. The molecular formula is C22H39N9O5. The number of carbonyl (C=O) groups excluding carboxylic acids is 5. The van der Waals surface area contributed by atoms with Gasteiger partial charge in [0.2, 0.25) is 29.5 Å². The van der Waals surface area contributed by atoms with Gasteiger partial charge in [-0.15, -0.1) is 0 Å². The number of guanidine groups is 1. The molecule has 0 saturated carbocycles. The van der Waals surface area contributed by atoms with E-state index >= 15 is 0 Å². The number of amides is 5. The Labute approximate surface area is 210 Å². The van der Waals surface area contributed by atoms with Crippen LogP contribution in [0.15, 0.2) is 4.99 Å². The Morgan fingerprint density at radius 3 is 2.36 bits per heavy atom. The lowest BCUT2D eigenvalue weighted by atomic mass is 10.1. The SMILES string of the molecule is CC1NC(=O)C2CCCN2C(=O)C(CCCN=C(N)N)NC(=O)CNC(=O)C(CCCCN)NC1=O. The Kier molecular flexibility index (Phi) is 11.4. The first-order chi connectivity index (χ1) is 17.1. The summed E-state index contributed by atoms with van der Waals surface area (Å²) in [5.41, 5.74) is 16.2. The molecule has 4 unspecified atom stereocenters. The summed E-state index contributed by atoms with van der Waals surface area (Å²) in [6.45, 7) is 2.18. The van der Waals surface area contributed by atoms with Gasteiger partial charge in [-0.1, -0.05) is 0 Å². The molecule has 202 valence electrons. The fraction of sp³-hybridized carbons (Fsp3) is 0.727. The summed E-state index contributed by atoms with van der Waals surface area (Å²) >= 11 is 0. The van der Waals surface area contributed by atoms with Crippen molar-refractivity contribution in [1.29, 1.82) is 0 Å². The number of fused-ring (bicyclic) bond motifs is 1. The van der Waals surface area contributed by atoms with Crippen LogP contribution in [0.3, 0.4) is 0 Å². The highest BCUT2D eigenvalue weighted by atomic mass is 16.2. The zero-order valence-corrected chi connectivity index (χ0v) is 20.8. The molecule has 0 radical (unpaired) electrons. The normalized spacial score (nSPS) is 26.1. The average molecular weight is 510 g/mol. The van der Waals surface area contributed by atoms with Gasteiger partial charge in [0.15, 0.2) is 5.96 Å². The van der Waals surface area contributed by atoms with Gasteiger partial charge < -0.3 is 43.4 Å². The number of aliphatic imine (C=N–C) groups is 1.